The first kappa shape index (κ1) is 22.6. The molecule has 1 aliphatic rings. The van der Waals surface area contributed by atoms with Gasteiger partial charge in [-0.05, 0) is 25.1 Å². The third-order valence-electron chi connectivity index (χ3n) is 6.13. The lowest BCUT2D eigenvalue weighted by Gasteiger charge is -2.26. The summed E-state index contributed by atoms with van der Waals surface area (Å²) in [4.78, 5) is 16.0. The van der Waals surface area contributed by atoms with Gasteiger partial charge in [-0.15, -0.1) is 0 Å². The Hall–Kier alpha value is -4.21. The lowest BCUT2D eigenvalue weighted by molar-refractivity contribution is 0.380. The second-order valence-corrected chi connectivity index (χ2v) is 8.43. The van der Waals surface area contributed by atoms with Crippen LogP contribution in [0.15, 0.2) is 54.0 Å². The van der Waals surface area contributed by atoms with Crippen LogP contribution in [0.2, 0.25) is 0 Å². The van der Waals surface area contributed by atoms with E-state index in [9.17, 15) is 0 Å². The average Bonchev–Trinajstić information content (AvgIpc) is 3.51. The Morgan fingerprint density at radius 3 is 2.46 bits per heavy atom. The van der Waals surface area contributed by atoms with Gasteiger partial charge in [0.1, 0.15) is 23.7 Å². The number of methoxy groups -OCH3 is 2. The number of likely N-dealkylation sites (N-methyl/N-ethyl adjacent to an activating group) is 1. The van der Waals surface area contributed by atoms with Crippen molar-refractivity contribution < 1.29 is 9.47 Å². The fraction of sp³-hybridized carbons (Fsp3) is 0.320. The first-order valence-electron chi connectivity index (χ1n) is 11.4. The summed E-state index contributed by atoms with van der Waals surface area (Å²) in [5.41, 5.74) is 4.51. The molecular formula is C25H28N8O2. The van der Waals surface area contributed by atoms with Crippen molar-refractivity contribution in [3.8, 4) is 11.5 Å². The van der Waals surface area contributed by atoms with E-state index in [4.69, 9.17) is 14.5 Å². The second-order valence-electron chi connectivity index (χ2n) is 8.43. The number of anilines is 2. The standard InChI is InChI=1S/C25H28N8O2/c1-17-27-16-29-33(17)8-7-32(20-9-21(34-3)12-22(10-20)35-4)19-5-6-23-24(11-19)30-25(14-26-23)18-13-28-31(2)15-18/h5-6,9-14,16,18H,7-8,15H2,1-4H3. The summed E-state index contributed by atoms with van der Waals surface area (Å²) in [5, 5.41) is 10.6. The molecule has 0 aliphatic carbocycles. The summed E-state index contributed by atoms with van der Waals surface area (Å²) >= 11 is 0. The van der Waals surface area contributed by atoms with Crippen LogP contribution in [-0.4, -0.2) is 70.3 Å². The number of aromatic nitrogens is 5. The highest BCUT2D eigenvalue weighted by Gasteiger charge is 2.20. The number of aryl methyl sites for hydroxylation is 1. The van der Waals surface area contributed by atoms with E-state index in [0.717, 1.165) is 40.5 Å². The maximum Gasteiger partial charge on any atom is 0.138 e. The Kier molecular flexibility index (Phi) is 6.17. The molecule has 2 aromatic carbocycles. The molecule has 35 heavy (non-hydrogen) atoms. The minimum Gasteiger partial charge on any atom is -0.497 e. The van der Waals surface area contributed by atoms with Crippen LogP contribution in [0, 0.1) is 6.92 Å². The van der Waals surface area contributed by atoms with Gasteiger partial charge >= 0.3 is 0 Å². The molecular weight excluding hydrogens is 444 g/mol. The molecule has 180 valence electrons. The summed E-state index contributed by atoms with van der Waals surface area (Å²) in [5.74, 6) is 2.43. The van der Waals surface area contributed by atoms with E-state index < -0.39 is 0 Å². The number of fused-ring (bicyclic) bond motifs is 1. The van der Waals surface area contributed by atoms with E-state index in [1.54, 1.807) is 20.5 Å². The molecule has 0 saturated heterocycles. The molecule has 0 spiro atoms. The van der Waals surface area contributed by atoms with Crippen molar-refractivity contribution in [1.29, 1.82) is 0 Å². The average molecular weight is 473 g/mol. The van der Waals surface area contributed by atoms with Gasteiger partial charge in [0.05, 0.1) is 43.4 Å². The smallest absolute Gasteiger partial charge is 0.138 e. The molecule has 1 unspecified atom stereocenters. The van der Waals surface area contributed by atoms with Crippen LogP contribution in [0.1, 0.15) is 17.4 Å². The third-order valence-corrected chi connectivity index (χ3v) is 6.13. The van der Waals surface area contributed by atoms with Crippen LogP contribution < -0.4 is 14.4 Å². The van der Waals surface area contributed by atoms with Crippen LogP contribution in [0.4, 0.5) is 11.4 Å². The Bertz CT molecular complexity index is 1350. The van der Waals surface area contributed by atoms with E-state index in [1.165, 1.54) is 0 Å². The molecule has 0 bridgehead atoms. The maximum absolute atomic E-state index is 5.53. The summed E-state index contributed by atoms with van der Waals surface area (Å²) in [6.07, 6.45) is 5.34. The van der Waals surface area contributed by atoms with Crippen molar-refractivity contribution >= 4 is 28.6 Å². The normalized spacial score (nSPS) is 15.1. The second kappa shape index (κ2) is 9.57. The van der Waals surface area contributed by atoms with E-state index in [0.29, 0.717) is 24.6 Å². The van der Waals surface area contributed by atoms with E-state index in [2.05, 4.69) is 37.2 Å². The summed E-state index contributed by atoms with van der Waals surface area (Å²) in [6, 6.07) is 12.0. The molecule has 0 N–H and O–H groups in total. The van der Waals surface area contributed by atoms with Crippen LogP contribution >= 0.6 is 0 Å². The van der Waals surface area contributed by atoms with Crippen molar-refractivity contribution in [2.75, 3.05) is 39.3 Å². The Labute approximate surface area is 203 Å². The molecule has 1 atom stereocenters. The highest BCUT2D eigenvalue weighted by Crippen LogP contribution is 2.34. The molecule has 0 radical (unpaired) electrons. The monoisotopic (exact) mass is 472 g/mol. The van der Waals surface area contributed by atoms with Crippen molar-refractivity contribution in [2.45, 2.75) is 19.4 Å². The van der Waals surface area contributed by atoms with Crippen molar-refractivity contribution in [3.63, 3.8) is 0 Å². The highest BCUT2D eigenvalue weighted by molar-refractivity contribution is 5.82. The number of hydrogen-bond donors (Lipinski definition) is 0. The predicted molar refractivity (Wildman–Crippen MR) is 135 cm³/mol. The van der Waals surface area contributed by atoms with E-state index in [-0.39, 0.29) is 5.92 Å². The van der Waals surface area contributed by atoms with Gasteiger partial charge < -0.3 is 14.4 Å². The van der Waals surface area contributed by atoms with Gasteiger partial charge in [-0.3, -0.25) is 9.99 Å². The predicted octanol–water partition coefficient (Wildman–Crippen LogP) is 3.40. The van der Waals surface area contributed by atoms with Gasteiger partial charge in [-0.2, -0.15) is 10.2 Å². The zero-order chi connectivity index (χ0) is 24.4. The van der Waals surface area contributed by atoms with Crippen molar-refractivity contribution in [1.82, 2.24) is 29.7 Å². The van der Waals surface area contributed by atoms with Crippen LogP contribution in [0.25, 0.3) is 11.0 Å². The number of nitrogens with zero attached hydrogens (tertiary/aromatic N) is 8. The molecule has 4 aromatic rings. The first-order valence-corrected chi connectivity index (χ1v) is 11.4. The highest BCUT2D eigenvalue weighted by atomic mass is 16.5. The van der Waals surface area contributed by atoms with Crippen LogP contribution in [-0.2, 0) is 6.54 Å². The van der Waals surface area contributed by atoms with Gasteiger partial charge in [0.2, 0.25) is 0 Å². The largest absolute Gasteiger partial charge is 0.497 e. The fourth-order valence-corrected chi connectivity index (χ4v) is 4.20. The lowest BCUT2D eigenvalue weighted by Crippen LogP contribution is -2.23. The quantitative estimate of drug-likeness (QED) is 0.385. The molecule has 2 aromatic heterocycles. The molecule has 10 nitrogen and oxygen atoms in total. The fourth-order valence-electron chi connectivity index (χ4n) is 4.20. The number of hydrogen-bond acceptors (Lipinski definition) is 9. The molecule has 3 heterocycles. The number of ether oxygens (including phenoxy) is 2. The minimum absolute atomic E-state index is 0.134. The molecule has 0 saturated carbocycles. The number of hydrazone groups is 1. The third kappa shape index (κ3) is 4.72. The minimum atomic E-state index is 0.134. The Balaban J connectivity index is 1.54. The van der Waals surface area contributed by atoms with Crippen LogP contribution in [0.3, 0.4) is 0 Å². The number of benzene rings is 2. The van der Waals surface area contributed by atoms with Gasteiger partial charge in [0, 0.05) is 62.1 Å². The Morgan fingerprint density at radius 1 is 1.00 bits per heavy atom. The molecule has 5 rings (SSSR count). The Morgan fingerprint density at radius 2 is 1.80 bits per heavy atom. The summed E-state index contributed by atoms with van der Waals surface area (Å²) in [7, 11) is 5.26. The van der Waals surface area contributed by atoms with Gasteiger partial charge in [-0.1, -0.05) is 0 Å². The van der Waals surface area contributed by atoms with Gasteiger partial charge in [0.15, 0.2) is 0 Å². The van der Waals surface area contributed by atoms with Gasteiger partial charge in [-0.25, -0.2) is 14.6 Å². The SMILES string of the molecule is COc1cc(OC)cc(N(CCn2ncnc2C)c2ccc3ncc(C4C=NN(C)C4)nc3c2)c1. The summed E-state index contributed by atoms with van der Waals surface area (Å²) in [6.45, 7) is 4.05. The zero-order valence-corrected chi connectivity index (χ0v) is 20.3. The van der Waals surface area contributed by atoms with Gasteiger partial charge in [0.25, 0.3) is 0 Å². The topological polar surface area (TPSA) is 93.8 Å². The molecule has 10 heteroatoms. The van der Waals surface area contributed by atoms with E-state index in [1.807, 2.05) is 60.3 Å². The lowest BCUT2D eigenvalue weighted by atomic mass is 10.1. The van der Waals surface area contributed by atoms with Crippen molar-refractivity contribution in [3.05, 3.63) is 60.4 Å². The zero-order valence-electron chi connectivity index (χ0n) is 20.3. The van der Waals surface area contributed by atoms with E-state index >= 15 is 0 Å². The molecule has 1 aliphatic heterocycles. The summed E-state index contributed by atoms with van der Waals surface area (Å²) < 4.78 is 13.0. The number of rotatable bonds is 8. The first-order chi connectivity index (χ1) is 17.0. The molecule has 0 amide bonds. The van der Waals surface area contributed by atoms with Crippen LogP contribution in [0.5, 0.6) is 11.5 Å². The molecule has 0 fully saturated rings. The maximum atomic E-state index is 5.53. The van der Waals surface area contributed by atoms with Crippen molar-refractivity contribution in [2.24, 2.45) is 5.10 Å².